The number of aliphatic hydroxyl groups is 1. The molecule has 0 saturated heterocycles. The molecule has 3 atom stereocenters. The summed E-state index contributed by atoms with van der Waals surface area (Å²) < 4.78 is 1.66. The highest BCUT2D eigenvalue weighted by Gasteiger charge is 2.38. The molecule has 1 aliphatic carbocycles. The Morgan fingerprint density at radius 3 is 2.64 bits per heavy atom. The monoisotopic (exact) mass is 401 g/mol. The zero-order valence-corrected chi connectivity index (χ0v) is 16.6. The minimum absolute atomic E-state index is 0.0474. The second-order valence-electron chi connectivity index (χ2n) is 7.83. The number of halogens is 1. The first-order valence-electron chi connectivity index (χ1n) is 9.22. The van der Waals surface area contributed by atoms with E-state index in [-0.39, 0.29) is 23.4 Å². The highest BCUT2D eigenvalue weighted by Crippen LogP contribution is 2.41. The van der Waals surface area contributed by atoms with Crippen molar-refractivity contribution >= 4 is 29.0 Å². The lowest BCUT2D eigenvalue weighted by Crippen LogP contribution is -2.38. The third-order valence-electron chi connectivity index (χ3n) is 5.42. The SMILES string of the molecule is CC(C)(O)[C@H]1CC[C@H](n2cc(C(N)=O)c(Nc3ccc(Cl)cc3)n2)[C@@H](C#N)C1. The first kappa shape index (κ1) is 20.2. The van der Waals surface area contributed by atoms with Crippen LogP contribution in [0.3, 0.4) is 0 Å². The van der Waals surface area contributed by atoms with Gasteiger partial charge in [0.1, 0.15) is 5.56 Å². The van der Waals surface area contributed by atoms with E-state index in [9.17, 15) is 15.2 Å². The van der Waals surface area contributed by atoms with Crippen LogP contribution in [0.1, 0.15) is 49.5 Å². The van der Waals surface area contributed by atoms with Crippen molar-refractivity contribution in [2.24, 2.45) is 17.6 Å². The number of hydrogen-bond acceptors (Lipinski definition) is 5. The van der Waals surface area contributed by atoms with Crippen molar-refractivity contribution in [3.63, 3.8) is 0 Å². The molecule has 0 bridgehead atoms. The zero-order valence-electron chi connectivity index (χ0n) is 15.9. The number of primary amides is 1. The van der Waals surface area contributed by atoms with Gasteiger partial charge in [0.15, 0.2) is 5.82 Å². The minimum Gasteiger partial charge on any atom is -0.390 e. The van der Waals surface area contributed by atoms with E-state index in [0.29, 0.717) is 23.7 Å². The van der Waals surface area contributed by atoms with Crippen molar-refractivity contribution in [2.45, 2.75) is 44.8 Å². The van der Waals surface area contributed by atoms with Crippen LogP contribution in [0.5, 0.6) is 0 Å². The van der Waals surface area contributed by atoms with Crippen LogP contribution in [0.2, 0.25) is 5.02 Å². The molecular formula is C20H24ClN5O2. The van der Waals surface area contributed by atoms with Crippen LogP contribution in [0.25, 0.3) is 0 Å². The van der Waals surface area contributed by atoms with Gasteiger partial charge in [0.2, 0.25) is 0 Å². The number of amides is 1. The first-order valence-corrected chi connectivity index (χ1v) is 9.60. The fourth-order valence-corrected chi connectivity index (χ4v) is 3.88. The fourth-order valence-electron chi connectivity index (χ4n) is 3.76. The van der Waals surface area contributed by atoms with Crippen LogP contribution >= 0.6 is 11.6 Å². The molecule has 1 aliphatic rings. The summed E-state index contributed by atoms with van der Waals surface area (Å²) >= 11 is 5.91. The van der Waals surface area contributed by atoms with E-state index in [1.165, 1.54) is 0 Å². The molecular weight excluding hydrogens is 378 g/mol. The number of rotatable bonds is 5. The number of aromatic nitrogens is 2. The molecule has 3 rings (SSSR count). The number of hydrogen-bond donors (Lipinski definition) is 3. The van der Waals surface area contributed by atoms with Crippen LogP contribution in [0.4, 0.5) is 11.5 Å². The number of carbonyl (C=O) groups is 1. The average Bonchev–Trinajstić information content (AvgIpc) is 3.06. The average molecular weight is 402 g/mol. The Labute approximate surface area is 169 Å². The Bertz CT molecular complexity index is 895. The molecule has 1 aromatic carbocycles. The summed E-state index contributed by atoms with van der Waals surface area (Å²) in [4.78, 5) is 11.9. The van der Waals surface area contributed by atoms with Crippen LogP contribution in [0.15, 0.2) is 30.5 Å². The van der Waals surface area contributed by atoms with Crippen LogP contribution in [-0.4, -0.2) is 26.4 Å². The topological polar surface area (TPSA) is 117 Å². The maximum Gasteiger partial charge on any atom is 0.254 e. The van der Waals surface area contributed by atoms with Gasteiger partial charge in [-0.3, -0.25) is 9.48 Å². The number of nitrogens with two attached hydrogens (primary N) is 1. The molecule has 1 heterocycles. The molecule has 1 aromatic heterocycles. The largest absolute Gasteiger partial charge is 0.390 e. The fraction of sp³-hybridized carbons (Fsp3) is 0.450. The van der Waals surface area contributed by atoms with Gasteiger partial charge in [-0.05, 0) is 63.3 Å². The molecule has 1 saturated carbocycles. The maximum atomic E-state index is 11.9. The second kappa shape index (κ2) is 7.82. The van der Waals surface area contributed by atoms with Gasteiger partial charge >= 0.3 is 0 Å². The highest BCUT2D eigenvalue weighted by molar-refractivity contribution is 6.30. The molecule has 8 heteroatoms. The summed E-state index contributed by atoms with van der Waals surface area (Å²) in [6.07, 6.45) is 3.64. The summed E-state index contributed by atoms with van der Waals surface area (Å²) in [5.74, 6) is -0.516. The standard InChI is InChI=1S/C20H24ClN5O2/c1-20(2,28)13-3-8-17(12(9-13)10-22)26-11-16(18(23)27)19(25-26)24-15-6-4-14(21)5-7-15/h4-7,11-13,17,28H,3,8-9H2,1-2H3,(H2,23,27)(H,24,25)/t12-,13+,17+/m1/s1. The van der Waals surface area contributed by atoms with Crippen molar-refractivity contribution in [3.05, 3.63) is 41.0 Å². The lowest BCUT2D eigenvalue weighted by Gasteiger charge is -2.38. The van der Waals surface area contributed by atoms with Crippen LogP contribution < -0.4 is 11.1 Å². The molecule has 7 nitrogen and oxygen atoms in total. The third-order valence-corrected chi connectivity index (χ3v) is 5.67. The molecule has 0 radical (unpaired) electrons. The van der Waals surface area contributed by atoms with E-state index in [1.807, 2.05) is 0 Å². The molecule has 1 fully saturated rings. The molecule has 0 spiro atoms. The predicted octanol–water partition coefficient (Wildman–Crippen LogP) is 3.63. The predicted molar refractivity (Wildman–Crippen MR) is 107 cm³/mol. The summed E-state index contributed by atoms with van der Waals surface area (Å²) in [7, 11) is 0. The Kier molecular flexibility index (Phi) is 5.64. The summed E-state index contributed by atoms with van der Waals surface area (Å²) in [6, 6.07) is 9.18. The van der Waals surface area contributed by atoms with Gasteiger partial charge in [-0.15, -0.1) is 0 Å². The van der Waals surface area contributed by atoms with Crippen molar-refractivity contribution in [1.29, 1.82) is 5.26 Å². The van der Waals surface area contributed by atoms with Crippen LogP contribution in [0, 0.1) is 23.2 Å². The normalized spacial score (nSPS) is 22.5. The number of nitrogens with zero attached hydrogens (tertiary/aromatic N) is 3. The number of nitrogens with one attached hydrogen (secondary N) is 1. The quantitative estimate of drug-likeness (QED) is 0.707. The van der Waals surface area contributed by atoms with Crippen molar-refractivity contribution < 1.29 is 9.90 Å². The minimum atomic E-state index is -0.829. The smallest absolute Gasteiger partial charge is 0.254 e. The number of benzene rings is 1. The molecule has 2 aromatic rings. The van der Waals surface area contributed by atoms with Crippen LogP contribution in [-0.2, 0) is 0 Å². The number of anilines is 2. The van der Waals surface area contributed by atoms with E-state index in [1.54, 1.807) is 49.0 Å². The molecule has 1 amide bonds. The summed E-state index contributed by atoms with van der Waals surface area (Å²) in [5.41, 5.74) is 5.68. The van der Waals surface area contributed by atoms with Gasteiger partial charge in [-0.1, -0.05) is 11.6 Å². The summed E-state index contributed by atoms with van der Waals surface area (Å²) in [6.45, 7) is 3.55. The van der Waals surface area contributed by atoms with E-state index in [4.69, 9.17) is 17.3 Å². The van der Waals surface area contributed by atoms with Crippen molar-refractivity contribution in [3.8, 4) is 6.07 Å². The van der Waals surface area contributed by atoms with E-state index >= 15 is 0 Å². The van der Waals surface area contributed by atoms with E-state index in [0.717, 1.165) is 12.1 Å². The number of carbonyl (C=O) groups excluding carboxylic acids is 1. The van der Waals surface area contributed by atoms with Gasteiger partial charge in [-0.2, -0.15) is 10.4 Å². The first-order chi connectivity index (χ1) is 13.2. The Morgan fingerprint density at radius 2 is 2.07 bits per heavy atom. The summed E-state index contributed by atoms with van der Waals surface area (Å²) in [5, 5.41) is 28.2. The molecule has 4 N–H and O–H groups in total. The third kappa shape index (κ3) is 4.29. The van der Waals surface area contributed by atoms with Crippen molar-refractivity contribution in [2.75, 3.05) is 5.32 Å². The zero-order chi connectivity index (χ0) is 20.5. The second-order valence-corrected chi connectivity index (χ2v) is 8.27. The number of nitriles is 1. The Morgan fingerprint density at radius 1 is 1.39 bits per heavy atom. The van der Waals surface area contributed by atoms with E-state index < -0.39 is 11.5 Å². The van der Waals surface area contributed by atoms with Gasteiger partial charge in [0.05, 0.1) is 23.6 Å². The maximum absolute atomic E-state index is 11.9. The molecule has 0 aliphatic heterocycles. The Balaban J connectivity index is 1.87. The van der Waals surface area contributed by atoms with Gasteiger partial charge in [0, 0.05) is 16.9 Å². The lowest BCUT2D eigenvalue weighted by molar-refractivity contribution is -0.0135. The molecule has 28 heavy (non-hydrogen) atoms. The van der Waals surface area contributed by atoms with Gasteiger partial charge in [-0.25, -0.2) is 0 Å². The van der Waals surface area contributed by atoms with Gasteiger partial charge < -0.3 is 16.2 Å². The lowest BCUT2D eigenvalue weighted by atomic mass is 9.72. The molecule has 148 valence electrons. The highest BCUT2D eigenvalue weighted by atomic mass is 35.5. The van der Waals surface area contributed by atoms with E-state index in [2.05, 4.69) is 16.5 Å². The Hall–Kier alpha value is -2.56. The van der Waals surface area contributed by atoms with Gasteiger partial charge in [0.25, 0.3) is 5.91 Å². The molecule has 0 unspecified atom stereocenters. The van der Waals surface area contributed by atoms with Crippen molar-refractivity contribution in [1.82, 2.24) is 9.78 Å².